The number of phenols is 1. The predicted molar refractivity (Wildman–Crippen MR) is 129 cm³/mol. The van der Waals surface area contributed by atoms with E-state index in [1.165, 1.54) is 16.9 Å². The molecule has 3 rings (SSSR count). The summed E-state index contributed by atoms with van der Waals surface area (Å²) in [4.78, 5) is 4.17. The molecule has 0 aliphatic carbocycles. The van der Waals surface area contributed by atoms with Crippen molar-refractivity contribution in [3.63, 3.8) is 0 Å². The van der Waals surface area contributed by atoms with Crippen LogP contribution in [-0.2, 0) is 5.41 Å². The van der Waals surface area contributed by atoms with E-state index in [0.717, 1.165) is 21.1 Å². The molecule has 4 heteroatoms. The maximum atomic E-state index is 9.67. The predicted octanol–water partition coefficient (Wildman–Crippen LogP) is 6.74. The summed E-state index contributed by atoms with van der Waals surface area (Å²) in [6.07, 6.45) is 10.2. The Morgan fingerprint density at radius 3 is 2.63 bits per heavy atom. The van der Waals surface area contributed by atoms with Crippen LogP contribution in [0.5, 0.6) is 11.5 Å². The van der Waals surface area contributed by atoms with Gasteiger partial charge in [-0.05, 0) is 60.5 Å². The molecule has 30 heavy (non-hydrogen) atoms. The van der Waals surface area contributed by atoms with Crippen molar-refractivity contribution in [2.45, 2.75) is 31.1 Å². The van der Waals surface area contributed by atoms with Gasteiger partial charge in [-0.2, -0.15) is 0 Å². The van der Waals surface area contributed by atoms with Crippen molar-refractivity contribution < 1.29 is 9.84 Å². The van der Waals surface area contributed by atoms with Gasteiger partial charge in [0.05, 0.1) is 7.11 Å². The molecule has 1 heterocycles. The molecule has 2 aromatic rings. The van der Waals surface area contributed by atoms with E-state index in [0.29, 0.717) is 0 Å². The second-order valence-corrected chi connectivity index (χ2v) is 9.05. The van der Waals surface area contributed by atoms with Crippen LogP contribution in [0.3, 0.4) is 0 Å². The standard InChI is InChI=1S/C26H29NO2S/c1-18-12-13-20(28)16-24(18)30-19(2)10-8-7-9-11-25-26(3,4)22-17-21(29-6)14-15-23(22)27(25)5/h7-17,28H,2H2,1,3-6H3/b9-7+,10-8+,25-11+. The highest BCUT2D eigenvalue weighted by Crippen LogP contribution is 2.48. The van der Waals surface area contributed by atoms with Gasteiger partial charge in [0, 0.05) is 33.6 Å². The molecule has 1 aliphatic heterocycles. The van der Waals surface area contributed by atoms with E-state index >= 15 is 0 Å². The molecule has 0 bridgehead atoms. The number of allylic oxidation sites excluding steroid dienone is 6. The molecular weight excluding hydrogens is 390 g/mol. The fraction of sp³-hybridized carbons (Fsp3) is 0.231. The fourth-order valence-electron chi connectivity index (χ4n) is 3.69. The molecule has 0 fully saturated rings. The highest BCUT2D eigenvalue weighted by Gasteiger charge is 2.38. The molecule has 0 saturated heterocycles. The lowest BCUT2D eigenvalue weighted by atomic mass is 9.83. The molecule has 156 valence electrons. The highest BCUT2D eigenvalue weighted by atomic mass is 32.2. The lowest BCUT2D eigenvalue weighted by Crippen LogP contribution is -2.22. The first kappa shape index (κ1) is 21.8. The van der Waals surface area contributed by atoms with Gasteiger partial charge in [-0.1, -0.05) is 56.5 Å². The van der Waals surface area contributed by atoms with Crippen molar-refractivity contribution in [3.05, 3.63) is 95.1 Å². The minimum Gasteiger partial charge on any atom is -0.508 e. The Labute approximate surface area is 184 Å². The molecule has 0 saturated carbocycles. The first-order valence-corrected chi connectivity index (χ1v) is 10.7. The average molecular weight is 420 g/mol. The minimum atomic E-state index is -0.0982. The van der Waals surface area contributed by atoms with E-state index in [1.807, 2.05) is 37.3 Å². The summed E-state index contributed by atoms with van der Waals surface area (Å²) in [7, 11) is 3.80. The first-order chi connectivity index (χ1) is 14.2. The number of nitrogens with zero attached hydrogens (tertiary/aromatic N) is 1. The van der Waals surface area contributed by atoms with Gasteiger partial charge >= 0.3 is 0 Å². The summed E-state index contributed by atoms with van der Waals surface area (Å²) < 4.78 is 5.41. The Kier molecular flexibility index (Phi) is 6.47. The minimum absolute atomic E-state index is 0.0982. The summed E-state index contributed by atoms with van der Waals surface area (Å²) in [6, 6.07) is 11.6. The van der Waals surface area contributed by atoms with Crippen molar-refractivity contribution in [1.82, 2.24) is 0 Å². The number of rotatable bonds is 6. The maximum Gasteiger partial charge on any atom is 0.119 e. The van der Waals surface area contributed by atoms with Crippen LogP contribution in [0.2, 0.25) is 0 Å². The second-order valence-electron chi connectivity index (χ2n) is 7.88. The molecule has 0 atom stereocenters. The number of ether oxygens (including phenoxy) is 1. The summed E-state index contributed by atoms with van der Waals surface area (Å²) >= 11 is 1.55. The van der Waals surface area contributed by atoms with Crippen molar-refractivity contribution in [2.75, 3.05) is 19.1 Å². The normalized spacial score (nSPS) is 16.6. The number of benzene rings is 2. The van der Waals surface area contributed by atoms with Crippen LogP contribution in [0.15, 0.2) is 88.9 Å². The molecule has 0 radical (unpaired) electrons. The molecule has 2 aromatic carbocycles. The van der Waals surface area contributed by atoms with E-state index in [1.54, 1.807) is 31.0 Å². The number of hydrogen-bond acceptors (Lipinski definition) is 4. The number of likely N-dealkylation sites (N-methyl/N-ethyl adjacent to an activating group) is 1. The summed E-state index contributed by atoms with van der Waals surface area (Å²) in [6.45, 7) is 10.6. The smallest absolute Gasteiger partial charge is 0.119 e. The van der Waals surface area contributed by atoms with Gasteiger partial charge in [-0.3, -0.25) is 0 Å². The fourth-order valence-corrected chi connectivity index (χ4v) is 4.53. The molecule has 1 N–H and O–H groups in total. The van der Waals surface area contributed by atoms with Crippen LogP contribution >= 0.6 is 11.8 Å². The zero-order chi connectivity index (χ0) is 21.9. The maximum absolute atomic E-state index is 9.67. The molecule has 1 aliphatic rings. The number of hydrogen-bond donors (Lipinski definition) is 1. The largest absolute Gasteiger partial charge is 0.508 e. The summed E-state index contributed by atoms with van der Waals surface area (Å²) in [5.41, 5.74) is 4.74. The van der Waals surface area contributed by atoms with Crippen LogP contribution in [0.1, 0.15) is 25.0 Å². The van der Waals surface area contributed by atoms with Gasteiger partial charge in [0.15, 0.2) is 0 Å². The lowest BCUT2D eigenvalue weighted by Gasteiger charge is -2.23. The van der Waals surface area contributed by atoms with Gasteiger partial charge in [-0.15, -0.1) is 0 Å². The molecule has 0 spiro atoms. The molecular formula is C26H29NO2S. The number of fused-ring (bicyclic) bond motifs is 1. The Hall–Kier alpha value is -2.85. The number of aromatic hydroxyl groups is 1. The van der Waals surface area contributed by atoms with Gasteiger partial charge in [0.2, 0.25) is 0 Å². The third-order valence-corrected chi connectivity index (χ3v) is 6.47. The summed E-state index contributed by atoms with van der Waals surface area (Å²) in [5, 5.41) is 9.67. The van der Waals surface area contributed by atoms with Crippen molar-refractivity contribution in [2.24, 2.45) is 0 Å². The van der Waals surface area contributed by atoms with Crippen molar-refractivity contribution >= 4 is 17.4 Å². The highest BCUT2D eigenvalue weighted by molar-refractivity contribution is 8.03. The van der Waals surface area contributed by atoms with Crippen molar-refractivity contribution in [1.29, 1.82) is 0 Å². The van der Waals surface area contributed by atoms with Gasteiger partial charge in [0.25, 0.3) is 0 Å². The summed E-state index contributed by atoms with van der Waals surface area (Å²) in [5.74, 6) is 1.15. The Morgan fingerprint density at radius 2 is 1.90 bits per heavy atom. The van der Waals surface area contributed by atoms with Crippen LogP contribution in [0, 0.1) is 6.92 Å². The molecule has 0 amide bonds. The monoisotopic (exact) mass is 419 g/mol. The van der Waals surface area contributed by atoms with Crippen LogP contribution in [0.4, 0.5) is 5.69 Å². The quantitative estimate of drug-likeness (QED) is 0.415. The lowest BCUT2D eigenvalue weighted by molar-refractivity contribution is 0.413. The number of thioether (sulfide) groups is 1. The van der Waals surface area contributed by atoms with Gasteiger partial charge in [0.1, 0.15) is 11.5 Å². The van der Waals surface area contributed by atoms with Crippen LogP contribution in [0.25, 0.3) is 0 Å². The Morgan fingerprint density at radius 1 is 1.13 bits per heavy atom. The molecule has 0 unspecified atom stereocenters. The van der Waals surface area contributed by atoms with E-state index in [2.05, 4.69) is 56.7 Å². The third-order valence-electron chi connectivity index (χ3n) is 5.41. The van der Waals surface area contributed by atoms with E-state index < -0.39 is 0 Å². The van der Waals surface area contributed by atoms with E-state index in [9.17, 15) is 5.11 Å². The number of anilines is 1. The Balaban J connectivity index is 1.69. The molecule has 3 nitrogen and oxygen atoms in total. The molecule has 0 aromatic heterocycles. The van der Waals surface area contributed by atoms with Crippen molar-refractivity contribution in [3.8, 4) is 11.5 Å². The zero-order valence-corrected chi connectivity index (χ0v) is 19.1. The average Bonchev–Trinajstić information content (AvgIpc) is 2.90. The van der Waals surface area contributed by atoms with E-state index in [4.69, 9.17) is 4.74 Å². The Bertz CT molecular complexity index is 1050. The third kappa shape index (κ3) is 4.49. The SMILES string of the molecule is C=C(/C=C/C=C/C=C1/N(C)c2ccc(OC)cc2C1(C)C)Sc1cc(O)ccc1C. The number of aryl methyl sites for hydroxylation is 1. The second kappa shape index (κ2) is 8.88. The number of phenolic OH excluding ortho intramolecular Hbond substituents is 1. The van der Waals surface area contributed by atoms with Crippen LogP contribution in [-0.4, -0.2) is 19.3 Å². The van der Waals surface area contributed by atoms with Gasteiger partial charge in [-0.25, -0.2) is 0 Å². The van der Waals surface area contributed by atoms with Crippen LogP contribution < -0.4 is 9.64 Å². The topological polar surface area (TPSA) is 32.7 Å². The zero-order valence-electron chi connectivity index (χ0n) is 18.3. The van der Waals surface area contributed by atoms with E-state index in [-0.39, 0.29) is 11.2 Å². The van der Waals surface area contributed by atoms with Gasteiger partial charge < -0.3 is 14.7 Å². The number of methoxy groups -OCH3 is 1. The first-order valence-electron chi connectivity index (χ1n) is 9.88.